The smallest absolute Gasteiger partial charge is 0.331 e. The van der Waals surface area contributed by atoms with E-state index in [0.717, 1.165) is 22.6 Å². The lowest BCUT2D eigenvalue weighted by Crippen LogP contribution is -2.20. The molecule has 0 aliphatic rings. The van der Waals surface area contributed by atoms with Crippen molar-refractivity contribution in [2.75, 3.05) is 20.8 Å². The molecule has 0 N–H and O–H groups in total. The highest BCUT2D eigenvalue weighted by molar-refractivity contribution is 5.88. The highest BCUT2D eigenvalue weighted by Crippen LogP contribution is 2.13. The van der Waals surface area contributed by atoms with Crippen molar-refractivity contribution in [2.24, 2.45) is 0 Å². The number of hydrogen-bond donors (Lipinski definition) is 0. The van der Waals surface area contributed by atoms with Crippen molar-refractivity contribution in [3.05, 3.63) is 71.8 Å². The summed E-state index contributed by atoms with van der Waals surface area (Å²) in [5.74, 6) is 0.443. The van der Waals surface area contributed by atoms with Gasteiger partial charge in [0.15, 0.2) is 0 Å². The minimum atomic E-state index is -0.568. The van der Waals surface area contributed by atoms with Gasteiger partial charge in [0.1, 0.15) is 24.2 Å². The topological polar surface area (TPSA) is 71.1 Å². The van der Waals surface area contributed by atoms with Crippen molar-refractivity contribution >= 4 is 24.1 Å². The minimum Gasteiger partial charge on any atom is -0.497 e. The molecule has 0 fully saturated rings. The summed E-state index contributed by atoms with van der Waals surface area (Å²) < 4.78 is 20.4. The Bertz CT molecular complexity index is 850. The van der Waals surface area contributed by atoms with Crippen LogP contribution in [0, 0.1) is 0 Å². The van der Waals surface area contributed by atoms with Crippen molar-refractivity contribution in [1.29, 1.82) is 0 Å². The predicted molar refractivity (Wildman–Crippen MR) is 111 cm³/mol. The Hall–Kier alpha value is -3.54. The molecule has 0 aromatic heterocycles. The standard InChI is InChI=1S/C23H24O6/c1-17(29-23(25)15-9-19-6-12-21(27-3)13-7-19)16-28-22(24)14-8-18-4-10-20(26-2)11-5-18/h4-15,17H,16H2,1-3H3/b14-8+,15-9+/t17-/m1/s1. The normalized spacial score (nSPS) is 12.0. The summed E-state index contributed by atoms with van der Waals surface area (Å²) in [5, 5.41) is 0. The van der Waals surface area contributed by atoms with E-state index in [1.165, 1.54) is 12.2 Å². The Morgan fingerprint density at radius 1 is 0.793 bits per heavy atom. The van der Waals surface area contributed by atoms with Crippen LogP contribution >= 0.6 is 0 Å². The van der Waals surface area contributed by atoms with Gasteiger partial charge >= 0.3 is 11.9 Å². The van der Waals surface area contributed by atoms with E-state index in [9.17, 15) is 9.59 Å². The Morgan fingerprint density at radius 3 is 1.69 bits per heavy atom. The number of benzene rings is 2. The molecule has 0 aliphatic carbocycles. The summed E-state index contributed by atoms with van der Waals surface area (Å²) in [4.78, 5) is 23.7. The molecular formula is C23H24O6. The molecule has 0 amide bonds. The van der Waals surface area contributed by atoms with Gasteiger partial charge in [0.05, 0.1) is 14.2 Å². The first kappa shape index (κ1) is 21.8. The van der Waals surface area contributed by atoms with Crippen LogP contribution in [0.3, 0.4) is 0 Å². The third-order valence-electron chi connectivity index (χ3n) is 3.83. The van der Waals surface area contributed by atoms with E-state index < -0.39 is 18.0 Å². The first-order chi connectivity index (χ1) is 14.0. The van der Waals surface area contributed by atoms with Gasteiger partial charge in [0.25, 0.3) is 0 Å². The number of ether oxygens (including phenoxy) is 4. The zero-order valence-corrected chi connectivity index (χ0v) is 16.7. The van der Waals surface area contributed by atoms with E-state index in [0.29, 0.717) is 0 Å². The molecule has 29 heavy (non-hydrogen) atoms. The van der Waals surface area contributed by atoms with Crippen molar-refractivity contribution in [1.82, 2.24) is 0 Å². The lowest BCUT2D eigenvalue weighted by Gasteiger charge is -2.11. The van der Waals surface area contributed by atoms with Crippen LogP contribution in [-0.2, 0) is 19.1 Å². The highest BCUT2D eigenvalue weighted by Gasteiger charge is 2.09. The molecule has 0 bridgehead atoms. The average molecular weight is 396 g/mol. The molecule has 0 saturated carbocycles. The molecule has 2 aromatic carbocycles. The highest BCUT2D eigenvalue weighted by atomic mass is 16.6. The first-order valence-corrected chi connectivity index (χ1v) is 9.02. The fraction of sp³-hybridized carbons (Fsp3) is 0.217. The van der Waals surface area contributed by atoms with Gasteiger partial charge < -0.3 is 18.9 Å². The van der Waals surface area contributed by atoms with Gasteiger partial charge in [-0.2, -0.15) is 0 Å². The number of carbonyl (C=O) groups excluding carboxylic acids is 2. The summed E-state index contributed by atoms with van der Waals surface area (Å²) in [6.07, 6.45) is 5.35. The fourth-order valence-electron chi connectivity index (χ4n) is 2.28. The molecule has 0 aliphatic heterocycles. The monoisotopic (exact) mass is 396 g/mol. The van der Waals surface area contributed by atoms with Gasteiger partial charge in [-0.05, 0) is 54.5 Å². The third-order valence-corrected chi connectivity index (χ3v) is 3.83. The Morgan fingerprint density at radius 2 is 1.24 bits per heavy atom. The Labute approximate surface area is 170 Å². The Kier molecular flexibility index (Phi) is 8.51. The van der Waals surface area contributed by atoms with E-state index in [2.05, 4.69) is 0 Å². The summed E-state index contributed by atoms with van der Waals surface area (Å²) in [7, 11) is 3.18. The molecule has 152 valence electrons. The summed E-state index contributed by atoms with van der Waals surface area (Å²) >= 11 is 0. The molecule has 1 atom stereocenters. The lowest BCUT2D eigenvalue weighted by molar-refractivity contribution is -0.151. The van der Waals surface area contributed by atoms with E-state index in [1.807, 2.05) is 24.3 Å². The SMILES string of the molecule is COc1ccc(/C=C/C(=O)OC[C@@H](C)OC(=O)/C=C/c2ccc(OC)cc2)cc1. The second-order valence-corrected chi connectivity index (χ2v) is 6.09. The number of methoxy groups -OCH3 is 2. The van der Waals surface area contributed by atoms with Crippen LogP contribution in [0.25, 0.3) is 12.2 Å². The van der Waals surface area contributed by atoms with Crippen LogP contribution in [0.15, 0.2) is 60.7 Å². The lowest BCUT2D eigenvalue weighted by atomic mass is 10.2. The second kappa shape index (κ2) is 11.3. The zero-order valence-electron chi connectivity index (χ0n) is 16.7. The number of esters is 2. The molecule has 0 unspecified atom stereocenters. The van der Waals surface area contributed by atoms with Crippen LogP contribution < -0.4 is 9.47 Å². The molecule has 2 aromatic rings. The van der Waals surface area contributed by atoms with Crippen molar-refractivity contribution < 1.29 is 28.5 Å². The number of rotatable bonds is 9. The molecule has 0 radical (unpaired) electrons. The number of hydrogen-bond acceptors (Lipinski definition) is 6. The maximum absolute atomic E-state index is 11.9. The molecule has 6 nitrogen and oxygen atoms in total. The summed E-state index contributed by atoms with van der Waals surface area (Å²) in [6.45, 7) is 1.62. The van der Waals surface area contributed by atoms with Crippen LogP contribution in [0.2, 0.25) is 0 Å². The van der Waals surface area contributed by atoms with Crippen LogP contribution in [0.4, 0.5) is 0 Å². The Balaban J connectivity index is 1.73. The van der Waals surface area contributed by atoms with Gasteiger partial charge in [-0.15, -0.1) is 0 Å². The second-order valence-electron chi connectivity index (χ2n) is 6.09. The molecule has 2 rings (SSSR count). The molecule has 0 saturated heterocycles. The third kappa shape index (κ3) is 7.92. The quantitative estimate of drug-likeness (QED) is 0.473. The van der Waals surface area contributed by atoms with E-state index >= 15 is 0 Å². The first-order valence-electron chi connectivity index (χ1n) is 9.02. The minimum absolute atomic E-state index is 0.0338. The average Bonchev–Trinajstić information content (AvgIpc) is 2.75. The van der Waals surface area contributed by atoms with Crippen LogP contribution in [0.5, 0.6) is 11.5 Å². The number of carbonyl (C=O) groups is 2. The predicted octanol–water partition coefficient (Wildman–Crippen LogP) is 3.91. The van der Waals surface area contributed by atoms with E-state index in [1.54, 1.807) is 57.6 Å². The van der Waals surface area contributed by atoms with E-state index in [4.69, 9.17) is 18.9 Å². The van der Waals surface area contributed by atoms with Crippen molar-refractivity contribution in [3.8, 4) is 11.5 Å². The van der Waals surface area contributed by atoms with E-state index in [-0.39, 0.29) is 6.61 Å². The van der Waals surface area contributed by atoms with Crippen LogP contribution in [0.1, 0.15) is 18.1 Å². The molecule has 0 heterocycles. The van der Waals surface area contributed by atoms with Crippen molar-refractivity contribution in [3.63, 3.8) is 0 Å². The van der Waals surface area contributed by atoms with Gasteiger partial charge in [-0.25, -0.2) is 9.59 Å². The largest absolute Gasteiger partial charge is 0.497 e. The van der Waals surface area contributed by atoms with Gasteiger partial charge in [0.2, 0.25) is 0 Å². The maximum atomic E-state index is 11.9. The molecule has 6 heteroatoms. The zero-order chi connectivity index (χ0) is 21.1. The fourth-order valence-corrected chi connectivity index (χ4v) is 2.28. The van der Waals surface area contributed by atoms with Gasteiger partial charge in [-0.1, -0.05) is 24.3 Å². The maximum Gasteiger partial charge on any atom is 0.331 e. The van der Waals surface area contributed by atoms with Crippen LogP contribution in [-0.4, -0.2) is 38.9 Å². The summed E-state index contributed by atoms with van der Waals surface area (Å²) in [5.41, 5.74) is 1.68. The van der Waals surface area contributed by atoms with Gasteiger partial charge in [-0.3, -0.25) is 0 Å². The van der Waals surface area contributed by atoms with Crippen molar-refractivity contribution in [2.45, 2.75) is 13.0 Å². The summed E-state index contributed by atoms with van der Waals surface area (Å²) in [6, 6.07) is 14.5. The van der Waals surface area contributed by atoms with Gasteiger partial charge in [0, 0.05) is 12.2 Å². The molecular weight excluding hydrogens is 372 g/mol. The molecule has 0 spiro atoms.